The van der Waals surface area contributed by atoms with E-state index in [4.69, 9.17) is 14.8 Å². The predicted octanol–water partition coefficient (Wildman–Crippen LogP) is 11.7. The molecule has 0 aromatic carbocycles. The Bertz CT molecular complexity index is 1050. The van der Waals surface area contributed by atoms with Gasteiger partial charge in [0.1, 0.15) is 0 Å². The van der Waals surface area contributed by atoms with Crippen LogP contribution in [0, 0.1) is 0 Å². The quantitative estimate of drug-likeness (QED) is 0.0280. The summed E-state index contributed by atoms with van der Waals surface area (Å²) < 4.78 is 22.1. The Kier molecular flexibility index (Phi) is 38.1. The fraction of sp³-hybridized carbons (Fsp3) is 0.705. The second kappa shape index (κ2) is 39.6. The van der Waals surface area contributed by atoms with Gasteiger partial charge in [-0.05, 0) is 77.0 Å². The zero-order valence-corrected chi connectivity index (χ0v) is 34.6. The average molecular weight is 763 g/mol. The van der Waals surface area contributed by atoms with Crippen LogP contribution in [0.2, 0.25) is 0 Å². The number of aliphatic hydroxyl groups is 1. The van der Waals surface area contributed by atoms with Crippen molar-refractivity contribution in [3.63, 3.8) is 0 Å². The number of nitrogens with two attached hydrogens (primary N) is 1. The van der Waals surface area contributed by atoms with Gasteiger partial charge in [0.05, 0.1) is 25.4 Å². The molecule has 0 saturated heterocycles. The van der Waals surface area contributed by atoms with Crippen LogP contribution in [-0.4, -0.2) is 47.8 Å². The normalized spacial score (nSPS) is 14.9. The summed E-state index contributed by atoms with van der Waals surface area (Å²) in [5.41, 5.74) is 5.36. The molecule has 3 unspecified atom stereocenters. The molecule has 0 heterocycles. The van der Waals surface area contributed by atoms with Crippen LogP contribution in [-0.2, 0) is 18.4 Å². The molecule has 0 rings (SSSR count). The van der Waals surface area contributed by atoms with Gasteiger partial charge in [-0.3, -0.25) is 13.8 Å². The highest BCUT2D eigenvalue weighted by Crippen LogP contribution is 2.43. The van der Waals surface area contributed by atoms with Crippen molar-refractivity contribution >= 4 is 13.7 Å². The number of allylic oxidation sites excluding steroid dienone is 11. The van der Waals surface area contributed by atoms with Crippen molar-refractivity contribution in [3.8, 4) is 0 Å². The number of hydrogen-bond donors (Lipinski definition) is 4. The van der Waals surface area contributed by atoms with Crippen LogP contribution in [0.25, 0.3) is 0 Å². The Morgan fingerprint density at radius 2 is 1.11 bits per heavy atom. The molecule has 1 amide bonds. The Labute approximate surface area is 325 Å². The molecule has 306 valence electrons. The van der Waals surface area contributed by atoms with E-state index in [1.54, 1.807) is 6.08 Å². The van der Waals surface area contributed by atoms with E-state index in [0.717, 1.165) is 77.0 Å². The van der Waals surface area contributed by atoms with Gasteiger partial charge in [0, 0.05) is 13.0 Å². The van der Waals surface area contributed by atoms with Crippen molar-refractivity contribution < 1.29 is 28.4 Å². The van der Waals surface area contributed by atoms with Crippen LogP contribution in [0.5, 0.6) is 0 Å². The monoisotopic (exact) mass is 763 g/mol. The molecule has 0 radical (unpaired) electrons. The number of rotatable bonds is 38. The molecule has 0 spiro atoms. The van der Waals surface area contributed by atoms with E-state index in [1.807, 2.05) is 6.08 Å². The molecule has 8 nitrogen and oxygen atoms in total. The lowest BCUT2D eigenvalue weighted by Crippen LogP contribution is -2.45. The summed E-state index contributed by atoms with van der Waals surface area (Å²) in [6.45, 7) is 3.96. The lowest BCUT2D eigenvalue weighted by molar-refractivity contribution is -0.123. The number of phosphoric ester groups is 1. The van der Waals surface area contributed by atoms with E-state index in [0.29, 0.717) is 6.42 Å². The summed E-state index contributed by atoms with van der Waals surface area (Å²) in [7, 11) is -4.36. The van der Waals surface area contributed by atoms with E-state index >= 15 is 0 Å². The maximum atomic E-state index is 12.7. The number of hydrogen-bond acceptors (Lipinski definition) is 6. The van der Waals surface area contributed by atoms with Gasteiger partial charge in [-0.1, -0.05) is 157 Å². The highest BCUT2D eigenvalue weighted by atomic mass is 31.2. The van der Waals surface area contributed by atoms with Crippen molar-refractivity contribution in [3.05, 3.63) is 72.9 Å². The second-order valence-corrected chi connectivity index (χ2v) is 15.2. The van der Waals surface area contributed by atoms with Gasteiger partial charge < -0.3 is 21.1 Å². The van der Waals surface area contributed by atoms with Crippen molar-refractivity contribution in [2.75, 3.05) is 19.8 Å². The molecule has 5 N–H and O–H groups in total. The van der Waals surface area contributed by atoms with Gasteiger partial charge in [-0.15, -0.1) is 0 Å². The number of amides is 1. The van der Waals surface area contributed by atoms with Gasteiger partial charge in [-0.2, -0.15) is 0 Å². The number of nitrogens with one attached hydrogen (secondary N) is 1. The Morgan fingerprint density at radius 1 is 0.642 bits per heavy atom. The third-order valence-corrected chi connectivity index (χ3v) is 9.73. The first-order valence-corrected chi connectivity index (χ1v) is 22.6. The van der Waals surface area contributed by atoms with Crippen LogP contribution in [0.4, 0.5) is 0 Å². The Morgan fingerprint density at radius 3 is 1.68 bits per heavy atom. The Hall–Kier alpha value is -2.06. The summed E-state index contributed by atoms with van der Waals surface area (Å²) in [4.78, 5) is 22.7. The first kappa shape index (κ1) is 50.9. The smallest absolute Gasteiger partial charge is 0.387 e. The topological polar surface area (TPSA) is 131 Å². The summed E-state index contributed by atoms with van der Waals surface area (Å²) in [5, 5.41) is 13.6. The SMILES string of the molecule is CC/C=C\C/C=C\C/C=C\CCCCCCCCCC(=O)NC(COP(=O)(O)OCCN)C(O)/C=C/CC/C=C/CC/C=C/CCCCCCCCC. The molecule has 0 aromatic rings. The lowest BCUT2D eigenvalue weighted by Gasteiger charge is -2.23. The van der Waals surface area contributed by atoms with E-state index in [1.165, 1.54) is 70.6 Å². The molecule has 0 aliphatic rings. The summed E-state index contributed by atoms with van der Waals surface area (Å²) >= 11 is 0. The largest absolute Gasteiger partial charge is 0.472 e. The third kappa shape index (κ3) is 38.0. The fourth-order valence-corrected chi connectivity index (χ4v) is 6.35. The number of carbonyl (C=O) groups excluding carboxylic acids is 1. The van der Waals surface area contributed by atoms with E-state index < -0.39 is 20.0 Å². The number of phosphoric acid groups is 1. The third-order valence-electron chi connectivity index (χ3n) is 8.74. The van der Waals surface area contributed by atoms with Crippen LogP contribution in [0.15, 0.2) is 72.9 Å². The summed E-state index contributed by atoms with van der Waals surface area (Å²) in [6.07, 6.45) is 50.9. The van der Waals surface area contributed by atoms with Crippen molar-refractivity contribution in [2.45, 2.75) is 180 Å². The molecule has 3 atom stereocenters. The van der Waals surface area contributed by atoms with Crippen molar-refractivity contribution in [1.29, 1.82) is 0 Å². The average Bonchev–Trinajstić information content (AvgIpc) is 3.14. The molecule has 53 heavy (non-hydrogen) atoms. The highest BCUT2D eigenvalue weighted by molar-refractivity contribution is 7.47. The number of unbranched alkanes of at least 4 members (excludes halogenated alkanes) is 16. The molecule has 0 aliphatic heterocycles. The van der Waals surface area contributed by atoms with Gasteiger partial charge >= 0.3 is 7.82 Å². The predicted molar refractivity (Wildman–Crippen MR) is 226 cm³/mol. The molecule has 0 aliphatic carbocycles. The van der Waals surface area contributed by atoms with Crippen LogP contribution < -0.4 is 11.1 Å². The van der Waals surface area contributed by atoms with E-state index in [2.05, 4.69) is 79.9 Å². The minimum absolute atomic E-state index is 0.0665. The molecule has 0 aromatic heterocycles. The summed E-state index contributed by atoms with van der Waals surface area (Å²) in [6, 6.07) is -0.892. The van der Waals surface area contributed by atoms with Crippen LogP contribution in [0.3, 0.4) is 0 Å². The second-order valence-electron chi connectivity index (χ2n) is 13.8. The van der Waals surface area contributed by atoms with Gasteiger partial charge in [0.15, 0.2) is 0 Å². The van der Waals surface area contributed by atoms with Gasteiger partial charge in [-0.25, -0.2) is 4.57 Å². The maximum absolute atomic E-state index is 12.7. The minimum Gasteiger partial charge on any atom is -0.387 e. The number of carbonyl (C=O) groups is 1. The number of aliphatic hydroxyl groups excluding tert-OH is 1. The van der Waals surface area contributed by atoms with Crippen molar-refractivity contribution in [2.24, 2.45) is 5.73 Å². The van der Waals surface area contributed by atoms with Gasteiger partial charge in [0.25, 0.3) is 0 Å². The highest BCUT2D eigenvalue weighted by Gasteiger charge is 2.26. The maximum Gasteiger partial charge on any atom is 0.472 e. The van der Waals surface area contributed by atoms with E-state index in [9.17, 15) is 19.4 Å². The summed E-state index contributed by atoms with van der Waals surface area (Å²) in [5.74, 6) is -0.222. The molecule has 0 fully saturated rings. The molecule has 0 bridgehead atoms. The van der Waals surface area contributed by atoms with E-state index in [-0.39, 0.29) is 25.7 Å². The van der Waals surface area contributed by atoms with Crippen LogP contribution in [0.1, 0.15) is 168 Å². The first-order chi connectivity index (χ1) is 25.9. The van der Waals surface area contributed by atoms with Gasteiger partial charge in [0.2, 0.25) is 5.91 Å². The molecule has 9 heteroatoms. The van der Waals surface area contributed by atoms with Crippen molar-refractivity contribution in [1.82, 2.24) is 5.32 Å². The van der Waals surface area contributed by atoms with Crippen LogP contribution >= 0.6 is 7.82 Å². The Balaban J connectivity index is 4.35. The molecular weight excluding hydrogens is 683 g/mol. The molecular formula is C44H79N2O6P. The standard InChI is InChI=1S/C44H79N2O6P/c1-3-5-7-9-11-13-15-17-19-21-23-25-27-29-31-33-35-37-43(47)42(41-52-53(49,50)51-40-39-45)46-44(48)38-36-34-32-30-28-26-24-22-20-18-16-14-12-10-8-6-4-2/h6,8,12,14,18-21,27,29,35,37,42-43,47H,3-5,7,9-11,13,15-17,22-26,28,30-34,36,38-41,45H2,1-2H3,(H,46,48)(H,49,50)/b8-6-,14-12-,20-18-,21-19+,29-27+,37-35+. The fourth-order valence-electron chi connectivity index (χ4n) is 5.59. The minimum atomic E-state index is -4.36. The molecule has 0 saturated carbocycles. The first-order valence-electron chi connectivity index (χ1n) is 21.1. The zero-order chi connectivity index (χ0) is 38.9. The lowest BCUT2D eigenvalue weighted by atomic mass is 10.1. The zero-order valence-electron chi connectivity index (χ0n) is 33.7.